The van der Waals surface area contributed by atoms with E-state index < -0.39 is 0 Å². The van der Waals surface area contributed by atoms with Gasteiger partial charge in [-0.2, -0.15) is 5.26 Å². The van der Waals surface area contributed by atoms with Crippen LogP contribution in [0.1, 0.15) is 5.56 Å². The molecule has 12 rings (SSSR count). The van der Waals surface area contributed by atoms with Crippen LogP contribution in [-0.2, 0) is 0 Å². The molecule has 2 aromatic heterocycles. The maximum Gasteiger partial charge on any atom is 0.220 e. The maximum atomic E-state index is 11.7. The van der Waals surface area contributed by atoms with Crippen LogP contribution in [0, 0.1) is 17.9 Å². The molecule has 2 heterocycles. The number of para-hydroxylation sites is 1. The molecular weight excluding hydrogens is 729 g/mol. The van der Waals surface area contributed by atoms with Crippen LogP contribution in [0.15, 0.2) is 194 Å². The molecule has 0 saturated heterocycles. The lowest BCUT2D eigenvalue weighted by atomic mass is 9.88. The van der Waals surface area contributed by atoms with Crippen LogP contribution in [0.3, 0.4) is 0 Å². The zero-order chi connectivity index (χ0) is 39.9. The highest BCUT2D eigenvalue weighted by Gasteiger charge is 2.32. The van der Waals surface area contributed by atoms with Crippen LogP contribution in [0.2, 0.25) is 0 Å². The molecule has 0 aliphatic heterocycles. The van der Waals surface area contributed by atoms with E-state index in [0.29, 0.717) is 16.8 Å². The Morgan fingerprint density at radius 2 is 0.850 bits per heavy atom. The lowest BCUT2D eigenvalue weighted by molar-refractivity contribution is 1.13. The van der Waals surface area contributed by atoms with Crippen molar-refractivity contribution in [2.24, 2.45) is 0 Å². The van der Waals surface area contributed by atoms with Gasteiger partial charge in [-0.3, -0.25) is 0 Å². The van der Waals surface area contributed by atoms with Gasteiger partial charge in [0.2, 0.25) is 5.69 Å². The van der Waals surface area contributed by atoms with Crippen molar-refractivity contribution in [3.8, 4) is 50.8 Å². The van der Waals surface area contributed by atoms with E-state index in [1.807, 2.05) is 54.6 Å². The molecule has 0 unspecified atom stereocenters. The van der Waals surface area contributed by atoms with Crippen molar-refractivity contribution in [2.75, 3.05) is 0 Å². The quantitative estimate of drug-likeness (QED) is 0.127. The van der Waals surface area contributed by atoms with E-state index in [4.69, 9.17) is 6.57 Å². The third-order valence-electron chi connectivity index (χ3n) is 12.3. The summed E-state index contributed by atoms with van der Waals surface area (Å²) < 4.78 is 4.61. The highest BCUT2D eigenvalue weighted by molar-refractivity contribution is 6.34. The predicted octanol–water partition coefficient (Wildman–Crippen LogP) is 15.0. The molecule has 0 spiro atoms. The maximum absolute atomic E-state index is 11.7. The van der Waals surface area contributed by atoms with E-state index in [9.17, 15) is 5.26 Å². The van der Waals surface area contributed by atoms with E-state index in [-0.39, 0.29) is 0 Å². The van der Waals surface area contributed by atoms with Crippen LogP contribution in [0.25, 0.3) is 115 Å². The van der Waals surface area contributed by atoms with Gasteiger partial charge in [0.1, 0.15) is 6.07 Å². The first-order chi connectivity index (χ1) is 29.7. The summed E-state index contributed by atoms with van der Waals surface area (Å²) in [6, 6.07) is 70.3. The number of nitriles is 1. The highest BCUT2D eigenvalue weighted by Crippen LogP contribution is 2.53. The molecule has 0 saturated carbocycles. The second kappa shape index (κ2) is 13.0. The zero-order valence-electron chi connectivity index (χ0n) is 32.3. The number of hydrogen-bond acceptors (Lipinski definition) is 1. The topological polar surface area (TPSA) is 38.0 Å². The van der Waals surface area contributed by atoms with Crippen molar-refractivity contribution < 1.29 is 0 Å². The smallest absolute Gasteiger partial charge is 0.220 e. The van der Waals surface area contributed by atoms with E-state index in [1.165, 1.54) is 21.5 Å². The molecule has 0 fully saturated rings. The van der Waals surface area contributed by atoms with Crippen molar-refractivity contribution >= 4 is 70.8 Å². The standard InChI is InChI=1S/C56H32N4/c1-58-54-50(36-19-7-3-8-20-36)45(34-57)55(59-46-28-14-13-25-41(46)42-32-31-38(33-49(42)59)35-17-5-2-6-18-35)51(37-21-9-4-10-22-37)56(54)60-47-29-15-26-43-39-23-11-12-24-40(39)44-27-16-30-48(60)53(44)52(43)47/h2-33H. The molecule has 0 aliphatic carbocycles. The summed E-state index contributed by atoms with van der Waals surface area (Å²) >= 11 is 0. The van der Waals surface area contributed by atoms with Crippen LogP contribution in [0.4, 0.5) is 5.69 Å². The van der Waals surface area contributed by atoms with Gasteiger partial charge in [-0.1, -0.05) is 170 Å². The first-order valence-corrected chi connectivity index (χ1v) is 20.1. The average Bonchev–Trinajstić information content (AvgIpc) is 3.84. The van der Waals surface area contributed by atoms with E-state index >= 15 is 0 Å². The largest absolute Gasteiger partial charge is 0.318 e. The monoisotopic (exact) mass is 760 g/mol. The van der Waals surface area contributed by atoms with Crippen molar-refractivity contribution in [1.29, 1.82) is 5.26 Å². The number of benzene rings is 10. The van der Waals surface area contributed by atoms with Crippen molar-refractivity contribution in [3.05, 3.63) is 211 Å². The molecule has 0 aliphatic rings. The molecule has 0 bridgehead atoms. The molecule has 0 N–H and O–H groups in total. The summed E-state index contributed by atoms with van der Waals surface area (Å²) in [5, 5.41) is 20.9. The summed E-state index contributed by atoms with van der Waals surface area (Å²) in [7, 11) is 0. The molecule has 60 heavy (non-hydrogen) atoms. The van der Waals surface area contributed by atoms with Crippen molar-refractivity contribution in [1.82, 2.24) is 9.13 Å². The molecule has 276 valence electrons. The number of rotatable bonds is 5. The Kier molecular flexibility index (Phi) is 7.32. The number of hydrogen-bond donors (Lipinski definition) is 0. The number of nitrogens with zero attached hydrogens (tertiary/aromatic N) is 4. The molecule has 0 radical (unpaired) electrons. The highest BCUT2D eigenvalue weighted by atomic mass is 15.0. The fraction of sp³-hybridized carbons (Fsp3) is 0. The minimum absolute atomic E-state index is 0.428. The summed E-state index contributed by atoms with van der Waals surface area (Å²) in [6.07, 6.45) is 0. The Morgan fingerprint density at radius 3 is 1.43 bits per heavy atom. The molecule has 0 atom stereocenters. The molecular formula is C56H32N4. The minimum Gasteiger partial charge on any atom is -0.318 e. The van der Waals surface area contributed by atoms with Crippen LogP contribution < -0.4 is 0 Å². The van der Waals surface area contributed by atoms with Gasteiger partial charge < -0.3 is 9.13 Å². The zero-order valence-corrected chi connectivity index (χ0v) is 32.3. The molecule has 12 aromatic rings. The third kappa shape index (κ3) is 4.65. The van der Waals surface area contributed by atoms with Gasteiger partial charge in [-0.05, 0) is 68.1 Å². The Bertz CT molecular complexity index is 3680. The third-order valence-corrected chi connectivity index (χ3v) is 12.3. The number of fused-ring (bicyclic) bond motifs is 6. The Hall–Kier alpha value is -8.44. The summed E-state index contributed by atoms with van der Waals surface area (Å²) in [4.78, 5) is 4.48. The lowest BCUT2D eigenvalue weighted by Crippen LogP contribution is -2.08. The SMILES string of the molecule is [C-]#[N+]c1c(-c2ccccc2)c(C#N)c(-n2c3ccccc3c3ccc(-c4ccccc4)cc32)c(-c2ccccc2)c1-n1c2cccc3c4ccccc4c4cccc1c4c32. The Labute approximate surface area is 345 Å². The van der Waals surface area contributed by atoms with Crippen LogP contribution >= 0.6 is 0 Å². The van der Waals surface area contributed by atoms with Gasteiger partial charge >= 0.3 is 0 Å². The van der Waals surface area contributed by atoms with Gasteiger partial charge in [0.15, 0.2) is 0 Å². The summed E-state index contributed by atoms with van der Waals surface area (Å²) in [5.74, 6) is 0. The fourth-order valence-electron chi connectivity index (χ4n) is 9.91. The predicted molar refractivity (Wildman–Crippen MR) is 249 cm³/mol. The molecule has 4 nitrogen and oxygen atoms in total. The van der Waals surface area contributed by atoms with Gasteiger partial charge in [-0.25, -0.2) is 4.85 Å². The van der Waals surface area contributed by atoms with E-state index in [1.54, 1.807) is 0 Å². The second-order valence-electron chi connectivity index (χ2n) is 15.4. The second-order valence-corrected chi connectivity index (χ2v) is 15.4. The molecule has 4 heteroatoms. The minimum atomic E-state index is 0.428. The van der Waals surface area contributed by atoms with Crippen molar-refractivity contribution in [2.45, 2.75) is 0 Å². The summed E-state index contributed by atoms with van der Waals surface area (Å²) in [5.41, 5.74) is 11.7. The fourth-order valence-corrected chi connectivity index (χ4v) is 9.91. The van der Waals surface area contributed by atoms with Crippen molar-refractivity contribution in [3.63, 3.8) is 0 Å². The van der Waals surface area contributed by atoms with Gasteiger partial charge in [0.25, 0.3) is 0 Å². The normalized spacial score (nSPS) is 11.6. The Balaban J connectivity index is 1.36. The average molecular weight is 761 g/mol. The molecule has 0 amide bonds. The van der Waals surface area contributed by atoms with E-state index in [2.05, 4.69) is 160 Å². The molecule has 10 aromatic carbocycles. The first kappa shape index (κ1) is 33.7. The van der Waals surface area contributed by atoms with Crippen LogP contribution in [0.5, 0.6) is 0 Å². The summed E-state index contributed by atoms with van der Waals surface area (Å²) in [6.45, 7) is 9.15. The van der Waals surface area contributed by atoms with Gasteiger partial charge in [-0.15, -0.1) is 0 Å². The van der Waals surface area contributed by atoms with Gasteiger partial charge in [0.05, 0.1) is 45.6 Å². The first-order valence-electron chi connectivity index (χ1n) is 20.1. The van der Waals surface area contributed by atoms with E-state index in [0.717, 1.165) is 82.8 Å². The Morgan fingerprint density at radius 1 is 0.383 bits per heavy atom. The van der Waals surface area contributed by atoms with Gasteiger partial charge in [0, 0.05) is 32.7 Å². The lowest BCUT2D eigenvalue weighted by Gasteiger charge is -2.25. The number of aromatic nitrogens is 2. The van der Waals surface area contributed by atoms with Crippen LogP contribution in [-0.4, -0.2) is 9.13 Å².